The number of aryl methyl sites for hydroxylation is 1. The van der Waals surface area contributed by atoms with Gasteiger partial charge in [-0.05, 0) is 70.8 Å². The second-order valence-corrected chi connectivity index (χ2v) is 10.9. The lowest BCUT2D eigenvalue weighted by molar-refractivity contribution is 0.101. The van der Waals surface area contributed by atoms with E-state index < -0.39 is 15.7 Å². The third-order valence-electron chi connectivity index (χ3n) is 6.16. The van der Waals surface area contributed by atoms with Crippen LogP contribution in [0.2, 0.25) is 0 Å². The van der Waals surface area contributed by atoms with Crippen LogP contribution >= 0.6 is 0 Å². The second-order valence-electron chi connectivity index (χ2n) is 8.96. The molecule has 1 aromatic heterocycles. The van der Waals surface area contributed by atoms with E-state index in [1.165, 1.54) is 4.68 Å². The third-order valence-corrected chi connectivity index (χ3v) is 7.28. The molecule has 1 amide bonds. The molecular formula is C29H26N4O3S. The molecule has 0 bridgehead atoms. The average molecular weight is 511 g/mol. The second kappa shape index (κ2) is 9.65. The predicted molar refractivity (Wildman–Crippen MR) is 147 cm³/mol. The maximum atomic E-state index is 13.3. The van der Waals surface area contributed by atoms with E-state index in [0.717, 1.165) is 33.7 Å². The van der Waals surface area contributed by atoms with Crippen molar-refractivity contribution in [2.45, 2.75) is 18.4 Å². The molecule has 0 aliphatic carbocycles. The van der Waals surface area contributed by atoms with Gasteiger partial charge in [-0.3, -0.25) is 4.79 Å². The van der Waals surface area contributed by atoms with Gasteiger partial charge < -0.3 is 11.1 Å². The fourth-order valence-electron chi connectivity index (χ4n) is 4.33. The Morgan fingerprint density at radius 1 is 0.892 bits per heavy atom. The lowest BCUT2D eigenvalue weighted by Gasteiger charge is -2.14. The van der Waals surface area contributed by atoms with E-state index in [2.05, 4.69) is 10.4 Å². The molecule has 0 saturated heterocycles. The summed E-state index contributed by atoms with van der Waals surface area (Å²) in [6, 6.07) is 28.0. The molecule has 0 fully saturated rings. The van der Waals surface area contributed by atoms with Crippen molar-refractivity contribution in [2.75, 3.05) is 11.6 Å². The monoisotopic (exact) mass is 510 g/mol. The summed E-state index contributed by atoms with van der Waals surface area (Å²) in [5, 5.41) is 9.02. The lowest BCUT2D eigenvalue weighted by atomic mass is 10.0. The van der Waals surface area contributed by atoms with E-state index in [0.29, 0.717) is 23.6 Å². The first-order valence-electron chi connectivity index (χ1n) is 11.7. The fraction of sp³-hybridized carbons (Fsp3) is 0.103. The van der Waals surface area contributed by atoms with E-state index in [4.69, 9.17) is 5.73 Å². The Kier molecular flexibility index (Phi) is 6.37. The van der Waals surface area contributed by atoms with Crippen molar-refractivity contribution >= 4 is 32.2 Å². The number of sulfone groups is 1. The van der Waals surface area contributed by atoms with Gasteiger partial charge in [-0.2, -0.15) is 5.10 Å². The van der Waals surface area contributed by atoms with Crippen LogP contribution in [-0.2, 0) is 16.4 Å². The van der Waals surface area contributed by atoms with Crippen molar-refractivity contribution in [3.8, 4) is 16.8 Å². The topological polar surface area (TPSA) is 107 Å². The van der Waals surface area contributed by atoms with Crippen molar-refractivity contribution in [1.82, 2.24) is 9.78 Å². The number of aromatic nitrogens is 2. The summed E-state index contributed by atoms with van der Waals surface area (Å²) in [5.41, 5.74) is 10.6. The number of fused-ring (bicyclic) bond motifs is 1. The normalized spacial score (nSPS) is 11.5. The van der Waals surface area contributed by atoms with Crippen LogP contribution < -0.4 is 11.1 Å². The van der Waals surface area contributed by atoms with Gasteiger partial charge in [0.25, 0.3) is 5.91 Å². The molecule has 3 N–H and O–H groups in total. The number of amides is 1. The zero-order valence-corrected chi connectivity index (χ0v) is 21.3. The summed E-state index contributed by atoms with van der Waals surface area (Å²) in [7, 11) is -3.60. The Morgan fingerprint density at radius 2 is 1.59 bits per heavy atom. The molecule has 4 aromatic carbocycles. The van der Waals surface area contributed by atoms with E-state index in [1.54, 1.807) is 25.1 Å². The zero-order chi connectivity index (χ0) is 26.2. The van der Waals surface area contributed by atoms with Crippen molar-refractivity contribution in [3.63, 3.8) is 0 Å². The number of carbonyl (C=O) groups is 1. The Hall–Kier alpha value is -4.27. The summed E-state index contributed by atoms with van der Waals surface area (Å²) in [6.07, 6.45) is 1.15. The highest BCUT2D eigenvalue weighted by molar-refractivity contribution is 7.90. The summed E-state index contributed by atoms with van der Waals surface area (Å²) in [6.45, 7) is 2.23. The highest BCUT2D eigenvalue weighted by Crippen LogP contribution is 2.28. The number of hydrogen-bond donors (Lipinski definition) is 2. The van der Waals surface area contributed by atoms with Crippen molar-refractivity contribution in [1.29, 1.82) is 0 Å². The first-order chi connectivity index (χ1) is 17.7. The van der Waals surface area contributed by atoms with E-state index in [-0.39, 0.29) is 10.6 Å². The number of benzene rings is 4. The number of nitrogens with one attached hydrogen (secondary N) is 1. The maximum Gasteiger partial charge on any atom is 0.274 e. The SMILES string of the molecule is Cc1cc(C(=O)Nc2ccc(-c3cccc(CN)c3)cc2)n(-c2cc3ccccc3cc2S(C)(=O)=O)n1. The molecule has 1 heterocycles. The predicted octanol–water partition coefficient (Wildman–Crippen LogP) is 5.12. The number of rotatable bonds is 6. The summed E-state index contributed by atoms with van der Waals surface area (Å²) >= 11 is 0. The molecule has 0 radical (unpaired) electrons. The minimum absolute atomic E-state index is 0.104. The van der Waals surface area contributed by atoms with Crippen LogP contribution in [-0.4, -0.2) is 30.4 Å². The number of nitrogens with zero attached hydrogens (tertiary/aromatic N) is 2. The lowest BCUT2D eigenvalue weighted by Crippen LogP contribution is -2.18. The highest BCUT2D eigenvalue weighted by atomic mass is 32.2. The smallest absolute Gasteiger partial charge is 0.274 e. The fourth-order valence-corrected chi connectivity index (χ4v) is 5.20. The molecular weight excluding hydrogens is 484 g/mol. The van der Waals surface area contributed by atoms with Crippen LogP contribution in [0, 0.1) is 6.92 Å². The van der Waals surface area contributed by atoms with Gasteiger partial charge >= 0.3 is 0 Å². The molecule has 0 saturated carbocycles. The quantitative estimate of drug-likeness (QED) is 0.330. The first kappa shape index (κ1) is 24.4. The first-order valence-corrected chi connectivity index (χ1v) is 13.6. The molecule has 37 heavy (non-hydrogen) atoms. The van der Waals surface area contributed by atoms with Crippen LogP contribution in [0.25, 0.3) is 27.6 Å². The van der Waals surface area contributed by atoms with Gasteiger partial charge in [-0.25, -0.2) is 13.1 Å². The standard InChI is InChI=1S/C29H26N4O3S/c1-19-14-27(29(34)31-25-12-10-21(11-13-25)22-9-5-6-20(15-22)18-30)33(32-19)26-16-23-7-3-4-8-24(23)17-28(26)37(2,35)36/h3-17H,18,30H2,1-2H3,(H,31,34). The van der Waals surface area contributed by atoms with Crippen molar-refractivity contribution in [3.05, 3.63) is 108 Å². The number of anilines is 1. The summed E-state index contributed by atoms with van der Waals surface area (Å²) < 4.78 is 26.8. The molecule has 5 rings (SSSR count). The largest absolute Gasteiger partial charge is 0.326 e. The highest BCUT2D eigenvalue weighted by Gasteiger charge is 2.22. The zero-order valence-electron chi connectivity index (χ0n) is 20.5. The molecule has 5 aromatic rings. The van der Waals surface area contributed by atoms with Crippen LogP contribution in [0.4, 0.5) is 5.69 Å². The van der Waals surface area contributed by atoms with Gasteiger partial charge in [0.05, 0.1) is 16.3 Å². The van der Waals surface area contributed by atoms with Gasteiger partial charge in [-0.1, -0.05) is 54.6 Å². The van der Waals surface area contributed by atoms with Gasteiger partial charge in [0.1, 0.15) is 5.69 Å². The molecule has 186 valence electrons. The summed E-state index contributed by atoms with van der Waals surface area (Å²) in [4.78, 5) is 13.5. The summed E-state index contributed by atoms with van der Waals surface area (Å²) in [5.74, 6) is -0.397. The third kappa shape index (κ3) is 5.02. The van der Waals surface area contributed by atoms with Crippen LogP contribution in [0.1, 0.15) is 21.7 Å². The van der Waals surface area contributed by atoms with E-state index >= 15 is 0 Å². The van der Waals surface area contributed by atoms with Crippen molar-refractivity contribution in [2.24, 2.45) is 5.73 Å². The Morgan fingerprint density at radius 3 is 2.27 bits per heavy atom. The van der Waals surface area contributed by atoms with Gasteiger partial charge in [0.2, 0.25) is 0 Å². The molecule has 0 aliphatic rings. The van der Waals surface area contributed by atoms with Gasteiger partial charge in [-0.15, -0.1) is 0 Å². The maximum absolute atomic E-state index is 13.3. The van der Waals surface area contributed by atoms with Gasteiger partial charge in [0, 0.05) is 18.5 Å². The Balaban J connectivity index is 1.49. The minimum atomic E-state index is -3.60. The molecule has 0 atom stereocenters. The molecule has 0 spiro atoms. The average Bonchev–Trinajstić information content (AvgIpc) is 3.29. The number of nitrogens with two attached hydrogens (primary N) is 1. The molecule has 8 heteroatoms. The minimum Gasteiger partial charge on any atom is -0.326 e. The Bertz CT molecular complexity index is 1740. The van der Waals surface area contributed by atoms with Crippen LogP contribution in [0.3, 0.4) is 0 Å². The van der Waals surface area contributed by atoms with Crippen molar-refractivity contribution < 1.29 is 13.2 Å². The van der Waals surface area contributed by atoms with Gasteiger partial charge in [0.15, 0.2) is 9.84 Å². The number of hydrogen-bond acceptors (Lipinski definition) is 5. The van der Waals surface area contributed by atoms with Crippen LogP contribution in [0.15, 0.2) is 95.9 Å². The molecule has 7 nitrogen and oxygen atoms in total. The molecule has 0 aliphatic heterocycles. The number of carbonyl (C=O) groups excluding carboxylic acids is 1. The van der Waals surface area contributed by atoms with E-state index in [1.807, 2.05) is 72.8 Å². The Labute approximate surface area is 215 Å². The van der Waals surface area contributed by atoms with E-state index in [9.17, 15) is 13.2 Å². The van der Waals surface area contributed by atoms with Crippen LogP contribution in [0.5, 0.6) is 0 Å². The molecule has 0 unspecified atom stereocenters.